The number of carboxylic acid groups (broad SMARTS) is 1. The van der Waals surface area contributed by atoms with Crippen LogP contribution in [0.4, 0.5) is 0 Å². The lowest BCUT2D eigenvalue weighted by Gasteiger charge is -2.34. The van der Waals surface area contributed by atoms with E-state index in [1.54, 1.807) is 0 Å². The Hall–Kier alpha value is -2.15. The first-order valence-electron chi connectivity index (χ1n) is 5.88. The van der Waals surface area contributed by atoms with Crippen molar-refractivity contribution in [1.29, 1.82) is 0 Å². The van der Waals surface area contributed by atoms with E-state index in [-0.39, 0.29) is 30.2 Å². The molecule has 0 spiro atoms. The number of H-pyrrole nitrogens is 1. The molecule has 0 aromatic carbocycles. The minimum Gasteiger partial charge on any atom is -0.481 e. The van der Waals surface area contributed by atoms with E-state index < -0.39 is 12.0 Å². The van der Waals surface area contributed by atoms with Crippen molar-refractivity contribution >= 4 is 11.9 Å². The summed E-state index contributed by atoms with van der Waals surface area (Å²) in [7, 11) is 0. The summed E-state index contributed by atoms with van der Waals surface area (Å²) in [5.41, 5.74) is -0.210. The molecule has 1 fully saturated rings. The molecule has 2 rings (SSSR count). The number of ether oxygens (including phenoxy) is 1. The van der Waals surface area contributed by atoms with Gasteiger partial charge in [0.2, 0.25) is 5.56 Å². The van der Waals surface area contributed by atoms with E-state index in [9.17, 15) is 14.4 Å². The molecule has 2 heterocycles. The lowest BCUT2D eigenvalue weighted by molar-refractivity contribution is -0.139. The van der Waals surface area contributed by atoms with Crippen LogP contribution in [0, 0.1) is 0 Å². The highest BCUT2D eigenvalue weighted by atomic mass is 16.5. The van der Waals surface area contributed by atoms with Crippen LogP contribution in [0.15, 0.2) is 23.0 Å². The van der Waals surface area contributed by atoms with Crippen molar-refractivity contribution in [3.63, 3.8) is 0 Å². The number of nitrogens with one attached hydrogen (secondary N) is 1. The summed E-state index contributed by atoms with van der Waals surface area (Å²) in [5.74, 6) is -1.37. The van der Waals surface area contributed by atoms with Crippen LogP contribution in [-0.2, 0) is 9.53 Å². The fraction of sp³-hybridized carbons (Fsp3) is 0.417. The molecule has 1 saturated heterocycles. The molecule has 1 aromatic rings. The second-order valence-electron chi connectivity index (χ2n) is 4.25. The Bertz CT molecular complexity index is 539. The Balaban J connectivity index is 2.19. The largest absolute Gasteiger partial charge is 0.481 e. The molecule has 19 heavy (non-hydrogen) atoms. The molecule has 0 saturated carbocycles. The number of carbonyl (C=O) groups is 2. The number of hydrogen-bond acceptors (Lipinski definition) is 4. The first-order chi connectivity index (χ1) is 9.08. The van der Waals surface area contributed by atoms with Crippen molar-refractivity contribution in [2.24, 2.45) is 0 Å². The maximum Gasteiger partial charge on any atom is 0.305 e. The van der Waals surface area contributed by atoms with Gasteiger partial charge in [-0.2, -0.15) is 0 Å². The third kappa shape index (κ3) is 3.19. The highest BCUT2D eigenvalue weighted by Crippen LogP contribution is 2.13. The van der Waals surface area contributed by atoms with E-state index in [0.29, 0.717) is 13.2 Å². The van der Waals surface area contributed by atoms with Gasteiger partial charge in [-0.15, -0.1) is 0 Å². The van der Waals surface area contributed by atoms with Crippen LogP contribution in [0.2, 0.25) is 0 Å². The molecule has 1 aromatic heterocycles. The number of nitrogens with zero attached hydrogens (tertiary/aromatic N) is 1. The van der Waals surface area contributed by atoms with Crippen molar-refractivity contribution < 1.29 is 19.4 Å². The predicted molar refractivity (Wildman–Crippen MR) is 65.0 cm³/mol. The lowest BCUT2D eigenvalue weighted by Crippen LogP contribution is -2.50. The first kappa shape index (κ1) is 13.3. The normalized spacial score (nSPS) is 19.2. The Morgan fingerprint density at radius 1 is 1.47 bits per heavy atom. The Kier molecular flexibility index (Phi) is 3.96. The topological polar surface area (TPSA) is 99.7 Å². The van der Waals surface area contributed by atoms with Gasteiger partial charge in [0.15, 0.2) is 0 Å². The minimum absolute atomic E-state index is 0.157. The van der Waals surface area contributed by atoms with Gasteiger partial charge in [-0.25, -0.2) is 0 Å². The third-order valence-corrected chi connectivity index (χ3v) is 2.90. The van der Waals surface area contributed by atoms with Gasteiger partial charge in [0.25, 0.3) is 5.91 Å². The van der Waals surface area contributed by atoms with Crippen LogP contribution in [0.1, 0.15) is 16.9 Å². The van der Waals surface area contributed by atoms with Gasteiger partial charge in [-0.05, 0) is 6.07 Å². The maximum atomic E-state index is 12.3. The smallest absolute Gasteiger partial charge is 0.305 e. The average Bonchev–Trinajstić information content (AvgIpc) is 2.38. The van der Waals surface area contributed by atoms with Gasteiger partial charge in [0.05, 0.1) is 25.7 Å². The second-order valence-corrected chi connectivity index (χ2v) is 4.25. The summed E-state index contributed by atoms with van der Waals surface area (Å²) in [6.07, 6.45) is -0.178. The summed E-state index contributed by atoms with van der Waals surface area (Å²) in [5, 5.41) is 8.83. The number of carbonyl (C=O) groups excluding carboxylic acids is 1. The SMILES string of the molecule is O=C(O)CC1COCCN1C(=O)c1cccc(=O)[nH]1. The highest BCUT2D eigenvalue weighted by Gasteiger charge is 2.30. The molecule has 1 atom stereocenters. The van der Waals surface area contributed by atoms with Crippen molar-refractivity contribution in [3.05, 3.63) is 34.2 Å². The molecule has 2 N–H and O–H groups in total. The van der Waals surface area contributed by atoms with E-state index in [2.05, 4.69) is 4.98 Å². The van der Waals surface area contributed by atoms with E-state index in [0.717, 1.165) is 0 Å². The number of morpholine rings is 1. The average molecular weight is 266 g/mol. The fourth-order valence-electron chi connectivity index (χ4n) is 2.02. The summed E-state index contributed by atoms with van der Waals surface area (Å²) >= 11 is 0. The molecule has 1 aliphatic heterocycles. The van der Waals surface area contributed by atoms with Crippen LogP contribution < -0.4 is 5.56 Å². The van der Waals surface area contributed by atoms with Gasteiger partial charge >= 0.3 is 5.97 Å². The second kappa shape index (κ2) is 5.66. The molecular weight excluding hydrogens is 252 g/mol. The van der Waals surface area contributed by atoms with Gasteiger partial charge in [0, 0.05) is 12.6 Å². The fourth-order valence-corrected chi connectivity index (χ4v) is 2.02. The van der Waals surface area contributed by atoms with Crippen LogP contribution in [0.3, 0.4) is 0 Å². The van der Waals surface area contributed by atoms with Crippen LogP contribution in [0.25, 0.3) is 0 Å². The first-order valence-corrected chi connectivity index (χ1v) is 5.88. The lowest BCUT2D eigenvalue weighted by atomic mass is 10.1. The minimum atomic E-state index is -0.991. The molecule has 7 nitrogen and oxygen atoms in total. The number of pyridine rings is 1. The van der Waals surface area contributed by atoms with Gasteiger partial charge in [-0.1, -0.05) is 6.07 Å². The van der Waals surface area contributed by atoms with Crippen molar-refractivity contribution in [2.75, 3.05) is 19.8 Å². The molecule has 1 amide bonds. The number of aromatic nitrogens is 1. The van der Waals surface area contributed by atoms with Crippen LogP contribution >= 0.6 is 0 Å². The summed E-state index contributed by atoms with van der Waals surface area (Å²) < 4.78 is 5.19. The maximum absolute atomic E-state index is 12.3. The van der Waals surface area contributed by atoms with Gasteiger partial charge < -0.3 is 19.7 Å². The van der Waals surface area contributed by atoms with Crippen molar-refractivity contribution in [1.82, 2.24) is 9.88 Å². The number of amides is 1. The zero-order valence-corrected chi connectivity index (χ0v) is 10.2. The van der Waals surface area contributed by atoms with E-state index in [4.69, 9.17) is 9.84 Å². The number of hydrogen-bond donors (Lipinski definition) is 2. The summed E-state index contributed by atoms with van der Waals surface area (Å²) in [6, 6.07) is 3.78. The highest BCUT2D eigenvalue weighted by molar-refractivity contribution is 5.92. The number of aliphatic carboxylic acids is 1. The molecule has 7 heteroatoms. The summed E-state index contributed by atoms with van der Waals surface area (Å²) in [6.45, 7) is 0.863. The van der Waals surface area contributed by atoms with Gasteiger partial charge in [0.1, 0.15) is 5.69 Å². The Morgan fingerprint density at radius 3 is 2.95 bits per heavy atom. The quantitative estimate of drug-likeness (QED) is 0.781. The Morgan fingerprint density at radius 2 is 2.26 bits per heavy atom. The number of rotatable bonds is 3. The van der Waals surface area contributed by atoms with Crippen molar-refractivity contribution in [3.8, 4) is 0 Å². The molecule has 0 bridgehead atoms. The molecule has 0 radical (unpaired) electrons. The van der Waals surface area contributed by atoms with Gasteiger partial charge in [-0.3, -0.25) is 14.4 Å². The zero-order valence-electron chi connectivity index (χ0n) is 10.2. The van der Waals surface area contributed by atoms with E-state index in [1.165, 1.54) is 23.1 Å². The zero-order chi connectivity index (χ0) is 13.8. The van der Waals surface area contributed by atoms with E-state index in [1.807, 2.05) is 0 Å². The third-order valence-electron chi connectivity index (χ3n) is 2.90. The molecular formula is C12H14N2O5. The molecule has 102 valence electrons. The van der Waals surface area contributed by atoms with E-state index >= 15 is 0 Å². The standard InChI is InChI=1S/C12H14N2O5/c15-10-3-1-2-9(13-10)12(18)14-4-5-19-7-8(14)6-11(16)17/h1-3,8H,4-7H2,(H,13,15)(H,16,17). The summed E-state index contributed by atoms with van der Waals surface area (Å²) in [4.78, 5) is 38.1. The molecule has 1 unspecified atom stereocenters. The number of carboxylic acids is 1. The number of aromatic amines is 1. The van der Waals surface area contributed by atoms with Crippen LogP contribution in [0.5, 0.6) is 0 Å². The molecule has 0 aliphatic carbocycles. The predicted octanol–water partition coefficient (Wildman–Crippen LogP) is -0.309. The molecule has 1 aliphatic rings. The Labute approximate surface area is 108 Å². The van der Waals surface area contributed by atoms with Crippen molar-refractivity contribution in [2.45, 2.75) is 12.5 Å². The monoisotopic (exact) mass is 266 g/mol. The van der Waals surface area contributed by atoms with Crippen LogP contribution in [-0.4, -0.2) is 52.7 Å².